The fourth-order valence-corrected chi connectivity index (χ4v) is 3.01. The van der Waals surface area contributed by atoms with E-state index in [2.05, 4.69) is 5.32 Å². The van der Waals surface area contributed by atoms with Gasteiger partial charge in [0.25, 0.3) is 11.8 Å². The minimum absolute atomic E-state index is 0.00270. The number of carbonyl (C=O) groups excluding carboxylic acids is 2. The van der Waals surface area contributed by atoms with Crippen molar-refractivity contribution in [2.75, 3.05) is 30.5 Å². The van der Waals surface area contributed by atoms with Gasteiger partial charge in [-0.05, 0) is 37.6 Å². The Bertz CT molecular complexity index is 835. The third kappa shape index (κ3) is 3.39. The molecule has 0 spiro atoms. The number of halogens is 1. The van der Waals surface area contributed by atoms with Crippen LogP contribution in [0.1, 0.15) is 21.5 Å². The largest absolute Gasteiger partial charge is 0.375 e. The highest BCUT2D eigenvalue weighted by molar-refractivity contribution is 6.06. The van der Waals surface area contributed by atoms with Crippen LogP contribution in [-0.4, -0.2) is 32.1 Å². The number of amides is 2. The van der Waals surface area contributed by atoms with E-state index in [-0.39, 0.29) is 18.1 Å². The van der Waals surface area contributed by atoms with Crippen molar-refractivity contribution in [1.29, 1.82) is 0 Å². The fraction of sp³-hybridized carbons (Fsp3) is 0.263. The third-order valence-electron chi connectivity index (χ3n) is 4.21. The van der Waals surface area contributed by atoms with Crippen LogP contribution in [0.5, 0.6) is 0 Å². The molecule has 25 heavy (non-hydrogen) atoms. The Kier molecular flexibility index (Phi) is 4.81. The second kappa shape index (κ2) is 7.03. The molecule has 5 nitrogen and oxygen atoms in total. The molecule has 3 rings (SSSR count). The van der Waals surface area contributed by atoms with Crippen molar-refractivity contribution in [3.63, 3.8) is 0 Å². The summed E-state index contributed by atoms with van der Waals surface area (Å²) in [4.78, 5) is 26.2. The monoisotopic (exact) mass is 342 g/mol. The Hall–Kier alpha value is -2.73. The lowest BCUT2D eigenvalue weighted by molar-refractivity contribution is -0.122. The summed E-state index contributed by atoms with van der Waals surface area (Å²) in [6.45, 7) is 2.34. The number of benzene rings is 2. The minimum atomic E-state index is -0.562. The number of hydrogen-bond donors (Lipinski definition) is 1. The molecule has 2 amide bonds. The maximum absolute atomic E-state index is 13.9. The predicted molar refractivity (Wildman–Crippen MR) is 93.5 cm³/mol. The lowest BCUT2D eigenvalue weighted by Gasteiger charge is -2.17. The molecule has 1 aliphatic rings. The van der Waals surface area contributed by atoms with E-state index in [0.29, 0.717) is 18.7 Å². The number of rotatable bonds is 4. The number of anilines is 2. The summed E-state index contributed by atoms with van der Waals surface area (Å²) in [6, 6.07) is 9.77. The van der Waals surface area contributed by atoms with Gasteiger partial charge in [-0.15, -0.1) is 0 Å². The van der Waals surface area contributed by atoms with E-state index in [4.69, 9.17) is 4.74 Å². The average molecular weight is 342 g/mol. The molecule has 0 unspecified atom stereocenters. The molecule has 0 atom stereocenters. The van der Waals surface area contributed by atoms with E-state index in [0.717, 1.165) is 16.8 Å². The van der Waals surface area contributed by atoms with Crippen molar-refractivity contribution in [1.82, 2.24) is 0 Å². The van der Waals surface area contributed by atoms with Crippen LogP contribution in [0.4, 0.5) is 15.8 Å². The van der Waals surface area contributed by atoms with Gasteiger partial charge in [0.2, 0.25) is 0 Å². The summed E-state index contributed by atoms with van der Waals surface area (Å²) < 4.78 is 18.8. The standard InChI is InChI=1S/C19H19FN2O3/c1-12-6-7-15(20)14(10-12)19(24)21-16-4-3-5-17-13(16)8-9-22(17)18(23)11-25-2/h3-7,10H,8-9,11H2,1-2H3,(H,21,24). The van der Waals surface area contributed by atoms with Crippen LogP contribution in [0.2, 0.25) is 0 Å². The number of carbonyl (C=O) groups is 2. The first kappa shape index (κ1) is 17.1. The molecule has 1 N–H and O–H groups in total. The summed E-state index contributed by atoms with van der Waals surface area (Å²) in [6.07, 6.45) is 0.623. The molecule has 1 heterocycles. The molecule has 130 valence electrons. The SMILES string of the molecule is COCC(=O)N1CCc2c(NC(=O)c3cc(C)ccc3F)cccc21. The van der Waals surface area contributed by atoms with Crippen LogP contribution in [-0.2, 0) is 16.0 Å². The van der Waals surface area contributed by atoms with E-state index < -0.39 is 11.7 Å². The van der Waals surface area contributed by atoms with Crippen LogP contribution in [0.15, 0.2) is 36.4 Å². The molecule has 0 saturated carbocycles. The van der Waals surface area contributed by atoms with Gasteiger partial charge in [-0.3, -0.25) is 9.59 Å². The summed E-state index contributed by atoms with van der Waals surface area (Å²) >= 11 is 0. The van der Waals surface area contributed by atoms with Gasteiger partial charge in [-0.2, -0.15) is 0 Å². The van der Waals surface area contributed by atoms with Gasteiger partial charge in [0.05, 0.1) is 5.56 Å². The van der Waals surface area contributed by atoms with Crippen molar-refractivity contribution in [3.05, 3.63) is 58.9 Å². The Morgan fingerprint density at radius 2 is 2.08 bits per heavy atom. The Labute approximate surface area is 145 Å². The van der Waals surface area contributed by atoms with Crippen LogP contribution >= 0.6 is 0 Å². The zero-order chi connectivity index (χ0) is 18.0. The van der Waals surface area contributed by atoms with Gasteiger partial charge >= 0.3 is 0 Å². The number of nitrogens with zero attached hydrogens (tertiary/aromatic N) is 1. The number of fused-ring (bicyclic) bond motifs is 1. The Morgan fingerprint density at radius 3 is 2.84 bits per heavy atom. The first-order chi connectivity index (χ1) is 12.0. The van der Waals surface area contributed by atoms with Gasteiger partial charge in [-0.1, -0.05) is 17.7 Å². The first-order valence-corrected chi connectivity index (χ1v) is 8.00. The van der Waals surface area contributed by atoms with Gasteiger partial charge in [-0.25, -0.2) is 4.39 Å². The summed E-state index contributed by atoms with van der Waals surface area (Å²) in [7, 11) is 1.47. The lowest BCUT2D eigenvalue weighted by atomic mass is 10.1. The first-order valence-electron chi connectivity index (χ1n) is 8.00. The maximum Gasteiger partial charge on any atom is 0.258 e. The Balaban J connectivity index is 1.87. The van der Waals surface area contributed by atoms with E-state index in [1.54, 1.807) is 30.0 Å². The third-order valence-corrected chi connectivity index (χ3v) is 4.21. The molecule has 0 aliphatic carbocycles. The van der Waals surface area contributed by atoms with Crippen molar-refractivity contribution in [2.24, 2.45) is 0 Å². The normalized spacial score (nSPS) is 12.8. The number of hydrogen-bond acceptors (Lipinski definition) is 3. The average Bonchev–Trinajstić information content (AvgIpc) is 3.02. The molecule has 0 fully saturated rings. The zero-order valence-electron chi connectivity index (χ0n) is 14.1. The molecule has 2 aromatic rings. The van der Waals surface area contributed by atoms with E-state index in [1.165, 1.54) is 19.2 Å². The maximum atomic E-state index is 13.9. The van der Waals surface area contributed by atoms with E-state index in [9.17, 15) is 14.0 Å². The number of ether oxygens (including phenoxy) is 1. The van der Waals surface area contributed by atoms with Crippen LogP contribution in [0.3, 0.4) is 0 Å². The zero-order valence-corrected chi connectivity index (χ0v) is 14.1. The van der Waals surface area contributed by atoms with Crippen molar-refractivity contribution < 1.29 is 18.7 Å². The molecule has 0 radical (unpaired) electrons. The topological polar surface area (TPSA) is 58.6 Å². The molecule has 6 heteroatoms. The molecular formula is C19H19FN2O3. The summed E-state index contributed by atoms with van der Waals surface area (Å²) in [5.74, 6) is -1.20. The smallest absolute Gasteiger partial charge is 0.258 e. The minimum Gasteiger partial charge on any atom is -0.375 e. The van der Waals surface area contributed by atoms with Crippen LogP contribution in [0, 0.1) is 12.7 Å². The van der Waals surface area contributed by atoms with E-state index >= 15 is 0 Å². The number of nitrogens with one attached hydrogen (secondary N) is 1. The van der Waals surface area contributed by atoms with Gasteiger partial charge in [0.1, 0.15) is 12.4 Å². The highest BCUT2D eigenvalue weighted by atomic mass is 19.1. The molecular weight excluding hydrogens is 323 g/mol. The van der Waals surface area contributed by atoms with Crippen molar-refractivity contribution in [2.45, 2.75) is 13.3 Å². The lowest BCUT2D eigenvalue weighted by Crippen LogP contribution is -2.31. The number of methoxy groups -OCH3 is 1. The fourth-order valence-electron chi connectivity index (χ4n) is 3.01. The second-order valence-electron chi connectivity index (χ2n) is 5.97. The van der Waals surface area contributed by atoms with Gasteiger partial charge in [0.15, 0.2) is 0 Å². The highest BCUT2D eigenvalue weighted by Gasteiger charge is 2.27. The van der Waals surface area contributed by atoms with Crippen LogP contribution < -0.4 is 10.2 Å². The summed E-state index contributed by atoms with van der Waals surface area (Å²) in [5.41, 5.74) is 3.03. The van der Waals surface area contributed by atoms with Gasteiger partial charge < -0.3 is 15.0 Å². The number of aryl methyl sites for hydroxylation is 1. The van der Waals surface area contributed by atoms with Crippen molar-refractivity contribution in [3.8, 4) is 0 Å². The van der Waals surface area contributed by atoms with Gasteiger partial charge in [0, 0.05) is 30.6 Å². The Morgan fingerprint density at radius 1 is 1.28 bits per heavy atom. The molecule has 0 aromatic heterocycles. The molecule has 0 saturated heterocycles. The molecule has 2 aromatic carbocycles. The van der Waals surface area contributed by atoms with Crippen molar-refractivity contribution >= 4 is 23.2 Å². The molecule has 1 aliphatic heterocycles. The quantitative estimate of drug-likeness (QED) is 0.929. The predicted octanol–water partition coefficient (Wildman–Crippen LogP) is 2.92. The second-order valence-corrected chi connectivity index (χ2v) is 5.97. The van der Waals surface area contributed by atoms with Crippen LogP contribution in [0.25, 0.3) is 0 Å². The van der Waals surface area contributed by atoms with E-state index in [1.807, 2.05) is 6.07 Å². The summed E-state index contributed by atoms with van der Waals surface area (Å²) in [5, 5.41) is 2.77. The molecule has 0 bridgehead atoms. The highest BCUT2D eigenvalue weighted by Crippen LogP contribution is 2.34.